The van der Waals surface area contributed by atoms with Gasteiger partial charge in [-0.3, -0.25) is 4.79 Å². The molecule has 1 spiro atoms. The van der Waals surface area contributed by atoms with Crippen molar-refractivity contribution in [2.75, 3.05) is 31.3 Å². The highest BCUT2D eigenvalue weighted by Gasteiger charge is 2.41. The summed E-state index contributed by atoms with van der Waals surface area (Å²) in [7, 11) is -2.89. The van der Waals surface area contributed by atoms with Crippen molar-refractivity contribution in [3.8, 4) is 0 Å². The van der Waals surface area contributed by atoms with Gasteiger partial charge in [0.2, 0.25) is 0 Å². The van der Waals surface area contributed by atoms with Gasteiger partial charge in [0, 0.05) is 32.2 Å². The molecule has 0 aliphatic carbocycles. The molecule has 0 aromatic rings. The van der Waals surface area contributed by atoms with Crippen LogP contribution in [0.3, 0.4) is 0 Å². The minimum Gasteiger partial charge on any atom is -0.381 e. The third-order valence-corrected chi connectivity index (χ3v) is 7.01. The zero-order valence-electron chi connectivity index (χ0n) is 12.4. The lowest BCUT2D eigenvalue weighted by atomic mass is 9.77. The largest absolute Gasteiger partial charge is 0.381 e. The number of ether oxygens (including phenoxy) is 2. The number of Topliss-reactive ketones (excluding diaryl/α,β-unsaturated/α-hetero) is 1. The summed E-state index contributed by atoms with van der Waals surface area (Å²) < 4.78 is 34.3. The van der Waals surface area contributed by atoms with Crippen molar-refractivity contribution in [1.29, 1.82) is 0 Å². The standard InChI is InChI=1S/C15H24O5S/c16-14(9-12-2-8-21(17,18)11-12)13-1-5-20-15(10-13)3-6-19-7-4-15/h12-13H,1-11H2. The molecule has 5 nitrogen and oxygen atoms in total. The van der Waals surface area contributed by atoms with E-state index in [1.54, 1.807) is 0 Å². The van der Waals surface area contributed by atoms with Crippen molar-refractivity contribution in [1.82, 2.24) is 0 Å². The van der Waals surface area contributed by atoms with Gasteiger partial charge in [-0.15, -0.1) is 0 Å². The minimum absolute atomic E-state index is 0.0379. The first-order valence-corrected chi connectivity index (χ1v) is 9.75. The van der Waals surface area contributed by atoms with E-state index in [1.165, 1.54) is 0 Å². The molecule has 2 unspecified atom stereocenters. The molecular formula is C15H24O5S. The van der Waals surface area contributed by atoms with Gasteiger partial charge in [-0.25, -0.2) is 8.42 Å². The Morgan fingerprint density at radius 2 is 1.90 bits per heavy atom. The Kier molecular flexibility index (Phi) is 4.39. The van der Waals surface area contributed by atoms with Crippen LogP contribution in [0, 0.1) is 11.8 Å². The van der Waals surface area contributed by atoms with E-state index in [2.05, 4.69) is 0 Å². The molecule has 3 rings (SSSR count). The normalized spacial score (nSPS) is 34.9. The van der Waals surface area contributed by atoms with Crippen LogP contribution in [0.15, 0.2) is 0 Å². The van der Waals surface area contributed by atoms with E-state index >= 15 is 0 Å². The first-order chi connectivity index (χ1) is 9.98. The monoisotopic (exact) mass is 316 g/mol. The van der Waals surface area contributed by atoms with E-state index in [4.69, 9.17) is 9.47 Å². The summed E-state index contributed by atoms with van der Waals surface area (Å²) in [5, 5.41) is 0. The third kappa shape index (κ3) is 3.66. The van der Waals surface area contributed by atoms with Crippen LogP contribution in [0.25, 0.3) is 0 Å². The zero-order chi connectivity index (χ0) is 14.9. The molecule has 3 aliphatic heterocycles. The van der Waals surface area contributed by atoms with E-state index in [1.807, 2.05) is 0 Å². The highest BCUT2D eigenvalue weighted by molar-refractivity contribution is 7.91. The molecule has 3 aliphatic rings. The Labute approximate surface area is 126 Å². The van der Waals surface area contributed by atoms with E-state index < -0.39 is 9.84 Å². The van der Waals surface area contributed by atoms with Gasteiger partial charge in [0.05, 0.1) is 17.1 Å². The lowest BCUT2D eigenvalue weighted by Gasteiger charge is -2.43. The predicted molar refractivity (Wildman–Crippen MR) is 77.8 cm³/mol. The fraction of sp³-hybridized carbons (Fsp3) is 0.933. The van der Waals surface area contributed by atoms with E-state index in [9.17, 15) is 13.2 Å². The topological polar surface area (TPSA) is 69.7 Å². The molecule has 3 fully saturated rings. The van der Waals surface area contributed by atoms with Gasteiger partial charge in [-0.2, -0.15) is 0 Å². The fourth-order valence-electron chi connectivity index (χ4n) is 3.88. The molecule has 21 heavy (non-hydrogen) atoms. The second kappa shape index (κ2) is 5.97. The molecule has 3 saturated heterocycles. The summed E-state index contributed by atoms with van der Waals surface area (Å²) in [6.45, 7) is 2.06. The van der Waals surface area contributed by atoms with Gasteiger partial charge in [-0.1, -0.05) is 0 Å². The minimum atomic E-state index is -2.89. The molecular weight excluding hydrogens is 292 g/mol. The van der Waals surface area contributed by atoms with Crippen molar-refractivity contribution < 1.29 is 22.7 Å². The summed E-state index contributed by atoms with van der Waals surface area (Å²) in [6.07, 6.45) is 4.38. The maximum atomic E-state index is 12.5. The summed E-state index contributed by atoms with van der Waals surface area (Å²) in [5.41, 5.74) is -0.168. The van der Waals surface area contributed by atoms with Gasteiger partial charge in [0.1, 0.15) is 5.78 Å². The number of carbonyl (C=O) groups is 1. The molecule has 0 saturated carbocycles. The maximum absolute atomic E-state index is 12.5. The Hall–Kier alpha value is -0.460. The predicted octanol–water partition coefficient (Wildman–Crippen LogP) is 1.36. The Morgan fingerprint density at radius 3 is 2.57 bits per heavy atom. The van der Waals surface area contributed by atoms with Crippen molar-refractivity contribution in [3.05, 3.63) is 0 Å². The average molecular weight is 316 g/mol. The van der Waals surface area contributed by atoms with Gasteiger partial charge >= 0.3 is 0 Å². The SMILES string of the molecule is O=C(CC1CCS(=O)(=O)C1)C1CCOC2(CCOCC2)C1. The Morgan fingerprint density at radius 1 is 1.14 bits per heavy atom. The van der Waals surface area contributed by atoms with Crippen molar-refractivity contribution in [2.24, 2.45) is 11.8 Å². The van der Waals surface area contributed by atoms with Crippen LogP contribution in [0.2, 0.25) is 0 Å². The third-order valence-electron chi connectivity index (χ3n) is 5.17. The highest BCUT2D eigenvalue weighted by atomic mass is 32.2. The van der Waals surface area contributed by atoms with Crippen LogP contribution in [0.5, 0.6) is 0 Å². The number of ketones is 1. The van der Waals surface area contributed by atoms with Crippen LogP contribution in [0.4, 0.5) is 0 Å². The molecule has 6 heteroatoms. The molecule has 0 aromatic heterocycles. The smallest absolute Gasteiger partial charge is 0.150 e. The molecule has 0 radical (unpaired) electrons. The van der Waals surface area contributed by atoms with Crippen molar-refractivity contribution in [2.45, 2.75) is 44.1 Å². The summed E-state index contributed by atoms with van der Waals surface area (Å²) in [6, 6.07) is 0. The zero-order valence-corrected chi connectivity index (χ0v) is 13.2. The number of rotatable bonds is 3. The second-order valence-corrected chi connectivity index (χ2v) is 9.00. The van der Waals surface area contributed by atoms with Crippen molar-refractivity contribution in [3.63, 3.8) is 0 Å². The summed E-state index contributed by atoms with van der Waals surface area (Å²) >= 11 is 0. The lowest BCUT2D eigenvalue weighted by Crippen LogP contribution is -2.46. The fourth-order valence-corrected chi connectivity index (χ4v) is 5.74. The molecule has 2 atom stereocenters. The number of carbonyl (C=O) groups excluding carboxylic acids is 1. The highest BCUT2D eigenvalue weighted by Crippen LogP contribution is 2.38. The van der Waals surface area contributed by atoms with E-state index in [0.29, 0.717) is 32.7 Å². The van der Waals surface area contributed by atoms with E-state index in [0.717, 1.165) is 25.7 Å². The van der Waals surface area contributed by atoms with Crippen LogP contribution in [-0.2, 0) is 24.1 Å². The van der Waals surface area contributed by atoms with Crippen LogP contribution in [-0.4, -0.2) is 51.1 Å². The molecule has 120 valence electrons. The maximum Gasteiger partial charge on any atom is 0.150 e. The Balaban J connectivity index is 1.57. The molecule has 0 bridgehead atoms. The first-order valence-electron chi connectivity index (χ1n) is 7.93. The van der Waals surface area contributed by atoms with Crippen LogP contribution >= 0.6 is 0 Å². The number of hydrogen-bond acceptors (Lipinski definition) is 5. The van der Waals surface area contributed by atoms with Gasteiger partial charge in [-0.05, 0) is 38.0 Å². The van der Waals surface area contributed by atoms with Gasteiger partial charge in [0.25, 0.3) is 0 Å². The number of hydrogen-bond donors (Lipinski definition) is 0. The molecule has 0 aromatic carbocycles. The summed E-state index contributed by atoms with van der Waals surface area (Å²) in [4.78, 5) is 12.5. The lowest BCUT2D eigenvalue weighted by molar-refractivity contribution is -0.157. The van der Waals surface area contributed by atoms with Crippen LogP contribution in [0.1, 0.15) is 38.5 Å². The average Bonchev–Trinajstić information content (AvgIpc) is 2.79. The van der Waals surface area contributed by atoms with E-state index in [-0.39, 0.29) is 34.7 Å². The number of sulfone groups is 1. The second-order valence-electron chi connectivity index (χ2n) is 6.77. The molecule has 0 amide bonds. The Bertz CT molecular complexity index is 487. The molecule has 0 N–H and O–H groups in total. The molecule has 3 heterocycles. The summed E-state index contributed by atoms with van der Waals surface area (Å²) in [5.74, 6) is 0.767. The van der Waals surface area contributed by atoms with Crippen LogP contribution < -0.4 is 0 Å². The van der Waals surface area contributed by atoms with Crippen molar-refractivity contribution >= 4 is 15.6 Å². The quantitative estimate of drug-likeness (QED) is 0.786. The van der Waals surface area contributed by atoms with Gasteiger partial charge in [0.15, 0.2) is 9.84 Å². The van der Waals surface area contributed by atoms with Gasteiger partial charge < -0.3 is 9.47 Å². The first kappa shape index (κ1) is 15.4.